The van der Waals surface area contributed by atoms with Crippen LogP contribution >= 0.6 is 11.8 Å². The van der Waals surface area contributed by atoms with Gasteiger partial charge in [-0.1, -0.05) is 72.4 Å². The molecule has 3 rings (SSSR count). The van der Waals surface area contributed by atoms with Crippen molar-refractivity contribution < 1.29 is 4.79 Å². The van der Waals surface area contributed by atoms with Crippen LogP contribution in [0.4, 0.5) is 0 Å². The fourth-order valence-corrected chi connectivity index (χ4v) is 3.16. The normalized spacial score (nSPS) is 11.9. The minimum Gasteiger partial charge on any atom is -0.348 e. The molecule has 3 aromatic rings. The van der Waals surface area contributed by atoms with Gasteiger partial charge in [0.05, 0.1) is 11.8 Å². The highest BCUT2D eigenvalue weighted by molar-refractivity contribution is 7.99. The van der Waals surface area contributed by atoms with E-state index in [0.717, 1.165) is 12.0 Å². The van der Waals surface area contributed by atoms with Gasteiger partial charge in [0.25, 0.3) is 0 Å². The lowest BCUT2D eigenvalue weighted by Crippen LogP contribution is -2.31. The Balaban J connectivity index is 1.66. The molecule has 128 valence electrons. The predicted molar refractivity (Wildman–Crippen MR) is 97.0 cm³/mol. The van der Waals surface area contributed by atoms with Gasteiger partial charge in [-0.15, -0.1) is 5.10 Å². The first kappa shape index (κ1) is 17.2. The molecule has 0 spiro atoms. The van der Waals surface area contributed by atoms with Crippen molar-refractivity contribution in [2.45, 2.75) is 17.6 Å². The molecule has 1 atom stereocenters. The van der Waals surface area contributed by atoms with Gasteiger partial charge < -0.3 is 5.32 Å². The summed E-state index contributed by atoms with van der Waals surface area (Å²) in [5.74, 6) is 0.226. The number of hydrogen-bond acceptors (Lipinski definition) is 5. The highest BCUT2D eigenvalue weighted by Crippen LogP contribution is 2.19. The number of nitrogens with one attached hydrogen (secondary N) is 1. The molecule has 0 bridgehead atoms. The molecule has 0 saturated heterocycles. The quantitative estimate of drug-likeness (QED) is 0.660. The highest BCUT2D eigenvalue weighted by atomic mass is 32.2. The van der Waals surface area contributed by atoms with Gasteiger partial charge in [0.15, 0.2) is 0 Å². The molecule has 0 saturated carbocycles. The number of carbonyl (C=O) groups is 1. The van der Waals surface area contributed by atoms with Crippen molar-refractivity contribution in [1.29, 1.82) is 0 Å². The zero-order chi connectivity index (χ0) is 17.5. The van der Waals surface area contributed by atoms with E-state index in [1.165, 1.54) is 17.3 Å². The Bertz CT molecular complexity index is 807. The van der Waals surface area contributed by atoms with Crippen LogP contribution in [0.15, 0.2) is 65.8 Å². The van der Waals surface area contributed by atoms with E-state index in [4.69, 9.17) is 0 Å². The largest absolute Gasteiger partial charge is 0.348 e. The summed E-state index contributed by atoms with van der Waals surface area (Å²) in [4.78, 5) is 12.4. The first-order chi connectivity index (χ1) is 12.2. The van der Waals surface area contributed by atoms with Crippen LogP contribution in [0, 0.1) is 0 Å². The van der Waals surface area contributed by atoms with Gasteiger partial charge in [0.2, 0.25) is 11.1 Å². The monoisotopic (exact) mass is 353 g/mol. The van der Waals surface area contributed by atoms with Crippen molar-refractivity contribution in [2.75, 3.05) is 5.75 Å². The summed E-state index contributed by atoms with van der Waals surface area (Å²) in [5, 5.41) is 15.0. The van der Waals surface area contributed by atoms with Crippen LogP contribution in [0.3, 0.4) is 0 Å². The van der Waals surface area contributed by atoms with E-state index in [2.05, 4.69) is 33.0 Å². The number of thioether (sulfide) groups is 1. The zero-order valence-corrected chi connectivity index (χ0v) is 14.7. The minimum absolute atomic E-state index is 0.0437. The van der Waals surface area contributed by atoms with Gasteiger partial charge in [-0.05, 0) is 28.0 Å². The zero-order valence-electron chi connectivity index (χ0n) is 13.9. The fourth-order valence-electron chi connectivity index (χ4n) is 2.50. The third kappa shape index (κ3) is 4.90. The van der Waals surface area contributed by atoms with E-state index >= 15 is 0 Å². The van der Waals surface area contributed by atoms with Gasteiger partial charge in [0, 0.05) is 7.05 Å². The number of carbonyl (C=O) groups excluding carboxylic acids is 1. The molecular weight excluding hydrogens is 334 g/mol. The third-order valence-electron chi connectivity index (χ3n) is 3.73. The lowest BCUT2D eigenvalue weighted by atomic mass is 9.99. The summed E-state index contributed by atoms with van der Waals surface area (Å²) in [6, 6.07) is 20.1. The van der Waals surface area contributed by atoms with Crippen LogP contribution in [-0.4, -0.2) is 31.9 Å². The third-order valence-corrected chi connectivity index (χ3v) is 4.74. The standard InChI is InChI=1S/C18H19N5OS/c1-23-18(20-21-22-23)25-13-17(24)19-16(15-10-6-3-7-11-15)12-14-8-4-2-5-9-14/h2-11,16H,12-13H2,1H3,(H,19,24)/t16-/m1/s1. The molecule has 25 heavy (non-hydrogen) atoms. The molecule has 6 nitrogen and oxygen atoms in total. The van der Waals surface area contributed by atoms with E-state index in [1.807, 2.05) is 48.5 Å². The highest BCUT2D eigenvalue weighted by Gasteiger charge is 2.16. The molecule has 7 heteroatoms. The summed E-state index contributed by atoms with van der Waals surface area (Å²) in [6.07, 6.45) is 0.743. The Kier molecular flexibility index (Phi) is 5.79. The minimum atomic E-state index is -0.0747. The number of aryl methyl sites for hydroxylation is 1. The number of tetrazole rings is 1. The van der Waals surface area contributed by atoms with E-state index in [9.17, 15) is 4.79 Å². The summed E-state index contributed by atoms with van der Waals surface area (Å²) in [7, 11) is 1.75. The number of rotatable bonds is 7. The van der Waals surface area contributed by atoms with E-state index < -0.39 is 0 Å². The van der Waals surface area contributed by atoms with Gasteiger partial charge in [-0.25, -0.2) is 4.68 Å². The maximum absolute atomic E-state index is 12.4. The van der Waals surface area contributed by atoms with E-state index in [-0.39, 0.29) is 17.7 Å². The van der Waals surface area contributed by atoms with E-state index in [1.54, 1.807) is 11.7 Å². The average molecular weight is 353 g/mol. The van der Waals surface area contributed by atoms with Crippen molar-refractivity contribution in [3.8, 4) is 0 Å². The maximum Gasteiger partial charge on any atom is 0.230 e. The second-order valence-electron chi connectivity index (χ2n) is 5.59. The molecule has 0 radical (unpaired) electrons. The van der Waals surface area contributed by atoms with Crippen molar-refractivity contribution in [3.05, 3.63) is 71.8 Å². The molecule has 2 aromatic carbocycles. The molecule has 0 aliphatic heterocycles. The molecular formula is C18H19N5OS. The Hall–Kier alpha value is -2.67. The Morgan fingerprint density at radius 3 is 2.44 bits per heavy atom. The molecule has 1 N–H and O–H groups in total. The molecule has 1 aromatic heterocycles. The van der Waals surface area contributed by atoms with Crippen LogP contribution in [-0.2, 0) is 18.3 Å². The Morgan fingerprint density at radius 2 is 1.80 bits per heavy atom. The lowest BCUT2D eigenvalue weighted by molar-refractivity contribution is -0.119. The Labute approximate surface area is 150 Å². The average Bonchev–Trinajstić information content (AvgIpc) is 3.06. The van der Waals surface area contributed by atoms with Crippen LogP contribution in [0.2, 0.25) is 0 Å². The van der Waals surface area contributed by atoms with Crippen LogP contribution in [0.25, 0.3) is 0 Å². The Morgan fingerprint density at radius 1 is 1.12 bits per heavy atom. The van der Waals surface area contributed by atoms with Gasteiger partial charge in [0.1, 0.15) is 0 Å². The van der Waals surface area contributed by atoms with Crippen molar-refractivity contribution in [3.63, 3.8) is 0 Å². The molecule has 0 aliphatic carbocycles. The molecule has 0 fully saturated rings. The summed E-state index contributed by atoms with van der Waals surface area (Å²) < 4.78 is 1.55. The van der Waals surface area contributed by atoms with Gasteiger partial charge in [-0.2, -0.15) is 0 Å². The van der Waals surface area contributed by atoms with Gasteiger partial charge >= 0.3 is 0 Å². The summed E-state index contributed by atoms with van der Waals surface area (Å²) in [5.41, 5.74) is 2.27. The fraction of sp³-hybridized carbons (Fsp3) is 0.222. The number of nitrogens with zero attached hydrogens (tertiary/aromatic N) is 4. The van der Waals surface area contributed by atoms with Crippen molar-refractivity contribution in [1.82, 2.24) is 25.5 Å². The lowest BCUT2D eigenvalue weighted by Gasteiger charge is -2.19. The van der Waals surface area contributed by atoms with Crippen molar-refractivity contribution >= 4 is 17.7 Å². The topological polar surface area (TPSA) is 72.7 Å². The van der Waals surface area contributed by atoms with Gasteiger partial charge in [-0.3, -0.25) is 4.79 Å². The molecule has 1 heterocycles. The number of benzene rings is 2. The van der Waals surface area contributed by atoms with Crippen LogP contribution in [0.1, 0.15) is 17.2 Å². The second-order valence-corrected chi connectivity index (χ2v) is 6.54. The van der Waals surface area contributed by atoms with Crippen LogP contribution < -0.4 is 5.32 Å². The first-order valence-electron chi connectivity index (χ1n) is 7.96. The van der Waals surface area contributed by atoms with Crippen molar-refractivity contribution in [2.24, 2.45) is 7.05 Å². The van der Waals surface area contributed by atoms with E-state index in [0.29, 0.717) is 5.16 Å². The predicted octanol–water partition coefficient (Wildman–Crippen LogP) is 2.40. The maximum atomic E-state index is 12.4. The number of amides is 1. The number of aromatic nitrogens is 4. The molecule has 0 unspecified atom stereocenters. The number of hydrogen-bond donors (Lipinski definition) is 1. The summed E-state index contributed by atoms with van der Waals surface area (Å²) >= 11 is 1.32. The van der Waals surface area contributed by atoms with Crippen LogP contribution in [0.5, 0.6) is 0 Å². The smallest absolute Gasteiger partial charge is 0.230 e. The first-order valence-corrected chi connectivity index (χ1v) is 8.94. The molecule has 1 amide bonds. The molecule has 0 aliphatic rings. The SMILES string of the molecule is Cn1nnnc1SCC(=O)N[C@H](Cc1ccccc1)c1ccccc1. The second kappa shape index (κ2) is 8.43. The summed E-state index contributed by atoms with van der Waals surface area (Å²) in [6.45, 7) is 0.